The third-order valence-electron chi connectivity index (χ3n) is 2.65. The Bertz CT molecular complexity index is 555. The molecule has 84 valence electrons. The van der Waals surface area contributed by atoms with Gasteiger partial charge in [0, 0.05) is 20.3 Å². The molecule has 0 aromatic carbocycles. The molecule has 0 saturated heterocycles. The van der Waals surface area contributed by atoms with E-state index in [1.165, 1.54) is 0 Å². The van der Waals surface area contributed by atoms with Gasteiger partial charge in [-0.1, -0.05) is 6.07 Å². The van der Waals surface area contributed by atoms with Crippen molar-refractivity contribution in [3.05, 3.63) is 35.4 Å². The molecule has 16 heavy (non-hydrogen) atoms. The van der Waals surface area contributed by atoms with Crippen LogP contribution in [0.2, 0.25) is 0 Å². The molecule has 0 saturated carbocycles. The van der Waals surface area contributed by atoms with Crippen molar-refractivity contribution in [3.63, 3.8) is 0 Å². The van der Waals surface area contributed by atoms with Crippen LogP contribution >= 0.6 is 0 Å². The molecule has 0 N–H and O–H groups in total. The summed E-state index contributed by atoms with van der Waals surface area (Å²) < 4.78 is 1.95. The van der Waals surface area contributed by atoms with Crippen molar-refractivity contribution in [1.82, 2.24) is 14.3 Å². The van der Waals surface area contributed by atoms with Gasteiger partial charge in [0.25, 0.3) is 5.91 Å². The number of hydrogen-bond donors (Lipinski definition) is 0. The molecule has 2 heterocycles. The van der Waals surface area contributed by atoms with E-state index in [4.69, 9.17) is 0 Å². The zero-order valence-electron chi connectivity index (χ0n) is 9.98. The van der Waals surface area contributed by atoms with Crippen molar-refractivity contribution >= 4 is 11.4 Å². The highest BCUT2D eigenvalue weighted by Gasteiger charge is 2.18. The Balaban J connectivity index is 2.76. The monoisotopic (exact) mass is 217 g/mol. The smallest absolute Gasteiger partial charge is 0.274 e. The maximum atomic E-state index is 12.0. The number of carbonyl (C=O) groups excluding carboxylic acids is 1. The summed E-state index contributed by atoms with van der Waals surface area (Å²) in [5, 5.41) is 0. The van der Waals surface area contributed by atoms with Gasteiger partial charge in [-0.25, -0.2) is 4.98 Å². The summed E-state index contributed by atoms with van der Waals surface area (Å²) in [4.78, 5) is 17.9. The first-order valence-corrected chi connectivity index (χ1v) is 5.18. The van der Waals surface area contributed by atoms with Crippen molar-refractivity contribution < 1.29 is 4.79 Å². The minimum atomic E-state index is -0.0556. The van der Waals surface area contributed by atoms with Crippen LogP contribution in [0.4, 0.5) is 0 Å². The fourth-order valence-corrected chi connectivity index (χ4v) is 1.82. The number of hydrogen-bond acceptors (Lipinski definition) is 2. The fraction of sp³-hybridized carbons (Fsp3) is 0.333. The Morgan fingerprint density at radius 1 is 1.38 bits per heavy atom. The van der Waals surface area contributed by atoms with Crippen LogP contribution in [-0.2, 0) is 0 Å². The van der Waals surface area contributed by atoms with Crippen molar-refractivity contribution in [1.29, 1.82) is 0 Å². The third kappa shape index (κ3) is 1.46. The van der Waals surface area contributed by atoms with Crippen LogP contribution in [0.1, 0.15) is 21.9 Å². The van der Waals surface area contributed by atoms with Crippen LogP contribution in [0, 0.1) is 13.8 Å². The zero-order valence-corrected chi connectivity index (χ0v) is 9.98. The Hall–Kier alpha value is -1.84. The number of amides is 1. The largest absolute Gasteiger partial charge is 0.343 e. The predicted molar refractivity (Wildman–Crippen MR) is 62.7 cm³/mol. The van der Waals surface area contributed by atoms with Crippen molar-refractivity contribution in [2.24, 2.45) is 0 Å². The molecule has 2 aromatic rings. The number of imidazole rings is 1. The van der Waals surface area contributed by atoms with Crippen LogP contribution < -0.4 is 0 Å². The molecule has 0 bridgehead atoms. The van der Waals surface area contributed by atoms with E-state index in [-0.39, 0.29) is 5.91 Å². The van der Waals surface area contributed by atoms with Gasteiger partial charge in [0.05, 0.1) is 5.52 Å². The van der Waals surface area contributed by atoms with Gasteiger partial charge in [0.2, 0.25) is 0 Å². The van der Waals surface area contributed by atoms with E-state index in [9.17, 15) is 4.79 Å². The minimum Gasteiger partial charge on any atom is -0.343 e. The van der Waals surface area contributed by atoms with Crippen LogP contribution in [-0.4, -0.2) is 34.3 Å². The molecule has 0 spiro atoms. The molecule has 2 aromatic heterocycles. The topological polar surface area (TPSA) is 37.6 Å². The number of pyridine rings is 1. The second-order valence-electron chi connectivity index (χ2n) is 4.12. The highest BCUT2D eigenvalue weighted by atomic mass is 16.2. The van der Waals surface area contributed by atoms with Gasteiger partial charge >= 0.3 is 0 Å². The Kier molecular flexibility index (Phi) is 2.42. The second-order valence-corrected chi connectivity index (χ2v) is 4.12. The third-order valence-corrected chi connectivity index (χ3v) is 2.65. The van der Waals surface area contributed by atoms with E-state index in [0.29, 0.717) is 5.69 Å². The molecular formula is C12H15N3O. The first kappa shape index (κ1) is 10.7. The zero-order chi connectivity index (χ0) is 11.9. The molecule has 0 aliphatic heterocycles. The fourth-order valence-electron chi connectivity index (χ4n) is 1.82. The average molecular weight is 217 g/mol. The maximum Gasteiger partial charge on any atom is 0.274 e. The van der Waals surface area contributed by atoms with Gasteiger partial charge < -0.3 is 9.30 Å². The maximum absolute atomic E-state index is 12.0. The minimum absolute atomic E-state index is 0.0556. The van der Waals surface area contributed by atoms with Crippen molar-refractivity contribution in [2.45, 2.75) is 13.8 Å². The highest BCUT2D eigenvalue weighted by molar-refractivity contribution is 5.99. The predicted octanol–water partition coefficient (Wildman–Crippen LogP) is 1.65. The first-order valence-electron chi connectivity index (χ1n) is 5.18. The van der Waals surface area contributed by atoms with E-state index in [2.05, 4.69) is 4.98 Å². The van der Waals surface area contributed by atoms with E-state index in [1.54, 1.807) is 19.0 Å². The Labute approximate surface area is 94.5 Å². The van der Waals surface area contributed by atoms with Crippen molar-refractivity contribution in [2.75, 3.05) is 14.1 Å². The molecule has 4 heteroatoms. The number of carbonyl (C=O) groups is 1. The van der Waals surface area contributed by atoms with Crippen LogP contribution in [0.3, 0.4) is 0 Å². The lowest BCUT2D eigenvalue weighted by Crippen LogP contribution is -2.22. The normalized spacial score (nSPS) is 10.8. The van der Waals surface area contributed by atoms with Gasteiger partial charge in [-0.15, -0.1) is 0 Å². The lowest BCUT2D eigenvalue weighted by Gasteiger charge is -2.08. The summed E-state index contributed by atoms with van der Waals surface area (Å²) in [5.41, 5.74) is 2.49. The summed E-state index contributed by atoms with van der Waals surface area (Å²) in [6, 6.07) is 3.95. The number of fused-ring (bicyclic) bond motifs is 1. The molecule has 0 atom stereocenters. The van der Waals surface area contributed by atoms with Gasteiger partial charge in [0.1, 0.15) is 5.82 Å². The SMILES string of the molecule is Cc1cccn2c(C)nc(C(=O)N(C)C)c12. The summed E-state index contributed by atoms with van der Waals surface area (Å²) in [6.45, 7) is 3.89. The van der Waals surface area contributed by atoms with E-state index in [1.807, 2.05) is 36.6 Å². The number of aryl methyl sites for hydroxylation is 2. The first-order chi connectivity index (χ1) is 7.52. The molecule has 0 fully saturated rings. The molecule has 1 amide bonds. The molecule has 2 rings (SSSR count). The number of nitrogens with zero attached hydrogens (tertiary/aromatic N) is 3. The Morgan fingerprint density at radius 2 is 2.06 bits per heavy atom. The number of aromatic nitrogens is 2. The van der Waals surface area contributed by atoms with Gasteiger partial charge in [-0.3, -0.25) is 4.79 Å². The molecule has 4 nitrogen and oxygen atoms in total. The Morgan fingerprint density at radius 3 is 2.69 bits per heavy atom. The van der Waals surface area contributed by atoms with Gasteiger partial charge in [-0.05, 0) is 25.5 Å². The lowest BCUT2D eigenvalue weighted by molar-refractivity contribution is 0.0824. The molecule has 0 unspecified atom stereocenters. The second kappa shape index (κ2) is 3.63. The highest BCUT2D eigenvalue weighted by Crippen LogP contribution is 2.17. The average Bonchev–Trinajstić information content (AvgIpc) is 2.57. The number of rotatable bonds is 1. The summed E-state index contributed by atoms with van der Waals surface area (Å²) >= 11 is 0. The molecule has 0 aliphatic rings. The standard InChI is InChI=1S/C12H15N3O/c1-8-6-5-7-15-9(2)13-10(11(8)15)12(16)14(3)4/h5-7H,1-4H3. The van der Waals surface area contributed by atoms with E-state index in [0.717, 1.165) is 16.9 Å². The summed E-state index contributed by atoms with van der Waals surface area (Å²) in [5.74, 6) is 0.781. The lowest BCUT2D eigenvalue weighted by atomic mass is 10.2. The molecule has 0 radical (unpaired) electrons. The summed E-state index contributed by atoms with van der Waals surface area (Å²) in [6.07, 6.45) is 1.93. The van der Waals surface area contributed by atoms with E-state index < -0.39 is 0 Å². The quantitative estimate of drug-likeness (QED) is 0.728. The molecule has 0 aliphatic carbocycles. The van der Waals surface area contributed by atoms with Crippen LogP contribution in [0.25, 0.3) is 5.52 Å². The van der Waals surface area contributed by atoms with E-state index >= 15 is 0 Å². The summed E-state index contributed by atoms with van der Waals surface area (Å²) in [7, 11) is 3.47. The van der Waals surface area contributed by atoms with Crippen LogP contribution in [0.15, 0.2) is 18.3 Å². The van der Waals surface area contributed by atoms with Crippen LogP contribution in [0.5, 0.6) is 0 Å². The van der Waals surface area contributed by atoms with Gasteiger partial charge in [0.15, 0.2) is 5.69 Å². The molecular weight excluding hydrogens is 202 g/mol. The van der Waals surface area contributed by atoms with Gasteiger partial charge in [-0.2, -0.15) is 0 Å². The van der Waals surface area contributed by atoms with Crippen molar-refractivity contribution in [3.8, 4) is 0 Å².